The minimum absolute atomic E-state index is 0.186. The number of thioether (sulfide) groups is 2. The lowest BCUT2D eigenvalue weighted by molar-refractivity contribution is -0.118. The summed E-state index contributed by atoms with van der Waals surface area (Å²) in [5.74, 6) is 2.42. The molecule has 0 amide bonds. The van der Waals surface area contributed by atoms with Crippen LogP contribution in [0.4, 0.5) is 0 Å². The maximum atomic E-state index is 13.4. The summed E-state index contributed by atoms with van der Waals surface area (Å²) in [6, 6.07) is 0. The molecule has 0 aromatic rings. The molecule has 0 aromatic heterocycles. The largest absolute Gasteiger partial charge is 0.389 e. The summed E-state index contributed by atoms with van der Waals surface area (Å²) < 4.78 is 25.0. The van der Waals surface area contributed by atoms with E-state index in [-0.39, 0.29) is 21.1 Å². The molecule has 0 aliphatic rings. The first-order valence-corrected chi connectivity index (χ1v) is 17.5. The monoisotopic (exact) mass is 572 g/mol. The van der Waals surface area contributed by atoms with Gasteiger partial charge in [-0.15, -0.1) is 0 Å². The van der Waals surface area contributed by atoms with Crippen LogP contribution in [0.15, 0.2) is 0 Å². The predicted molar refractivity (Wildman–Crippen MR) is 156 cm³/mol. The Morgan fingerprint density at radius 2 is 1.17 bits per heavy atom. The van der Waals surface area contributed by atoms with Crippen molar-refractivity contribution in [3.8, 4) is 0 Å². The zero-order chi connectivity index (χ0) is 27.0. The van der Waals surface area contributed by atoms with E-state index < -0.39 is 6.80 Å². The lowest BCUT2D eigenvalue weighted by atomic mass is 9.99. The van der Waals surface area contributed by atoms with Gasteiger partial charge in [0.25, 0.3) is 0 Å². The van der Waals surface area contributed by atoms with E-state index in [2.05, 4.69) is 10.6 Å². The smallest absolute Gasteiger partial charge is 0.319 e. The van der Waals surface area contributed by atoms with Crippen molar-refractivity contribution in [2.45, 2.75) is 67.2 Å². The minimum Gasteiger partial charge on any atom is -0.319 e. The molecule has 2 N–H and O–H groups in total. The molecule has 0 spiro atoms. The highest BCUT2D eigenvalue weighted by Crippen LogP contribution is 2.61. The number of rotatable bonds is 19. The van der Waals surface area contributed by atoms with Gasteiger partial charge in [0.05, 0.1) is 13.2 Å². The molecule has 0 aliphatic carbocycles. The lowest BCUT2D eigenvalue weighted by Crippen LogP contribution is -2.29. The Kier molecular flexibility index (Phi) is 18.9. The van der Waals surface area contributed by atoms with E-state index in [0.717, 1.165) is 50.3 Å². The highest BCUT2D eigenvalue weighted by molar-refractivity contribution is 8.55. The normalized spacial score (nSPS) is 12.9. The fourth-order valence-electron chi connectivity index (χ4n) is 2.60. The molecule has 0 radical (unpaired) electrons. The average Bonchev–Trinajstić information content (AvgIpc) is 2.75. The molecule has 0 fully saturated rings. The first-order valence-electron chi connectivity index (χ1n) is 12.4. The van der Waals surface area contributed by atoms with Gasteiger partial charge in [0.1, 0.15) is 0 Å². The van der Waals surface area contributed by atoms with Crippen molar-refractivity contribution in [1.82, 2.24) is 10.6 Å². The summed E-state index contributed by atoms with van der Waals surface area (Å²) in [7, 11) is 3.81. The molecule has 35 heavy (non-hydrogen) atoms. The topological polar surface area (TPSA) is 93.7 Å². The van der Waals surface area contributed by atoms with Gasteiger partial charge in [0.15, 0.2) is 10.2 Å². The van der Waals surface area contributed by atoms with Crippen molar-refractivity contribution in [2.75, 3.05) is 57.7 Å². The van der Waals surface area contributed by atoms with E-state index in [1.54, 1.807) is 0 Å². The van der Waals surface area contributed by atoms with Gasteiger partial charge in [0.2, 0.25) is 0 Å². The summed E-state index contributed by atoms with van der Waals surface area (Å²) in [4.78, 5) is 24.0. The number of carbonyl (C=O) groups is 2. The molecule has 208 valence electrons. The second-order valence-electron chi connectivity index (χ2n) is 10.6. The van der Waals surface area contributed by atoms with Crippen LogP contribution in [-0.2, 0) is 23.2 Å². The Balaban J connectivity index is 4.59. The number of carbonyl (C=O) groups excluding carboxylic acids is 2. The first-order chi connectivity index (χ1) is 16.2. The maximum Gasteiger partial charge on any atom is 0.389 e. The molecular weight excluding hydrogens is 523 g/mol. The fraction of sp³-hybridized carbons (Fsp3) is 0.917. The van der Waals surface area contributed by atoms with Crippen molar-refractivity contribution in [3.63, 3.8) is 0 Å². The molecule has 0 rings (SSSR count). The Morgan fingerprint density at radius 3 is 1.51 bits per heavy atom. The van der Waals surface area contributed by atoms with Crippen LogP contribution in [0.25, 0.3) is 0 Å². The molecule has 0 unspecified atom stereocenters. The molecule has 7 nitrogen and oxygen atoms in total. The van der Waals surface area contributed by atoms with Crippen molar-refractivity contribution in [1.29, 1.82) is 0 Å². The second kappa shape index (κ2) is 18.7. The Morgan fingerprint density at radius 1 is 0.771 bits per heavy atom. The highest BCUT2D eigenvalue weighted by atomic mass is 32.7. The number of hydrogen-bond acceptors (Lipinski definition) is 10. The average molecular weight is 573 g/mol. The van der Waals surface area contributed by atoms with Gasteiger partial charge in [-0.05, 0) is 70.2 Å². The highest BCUT2D eigenvalue weighted by Gasteiger charge is 2.27. The number of nitrogens with one attached hydrogen (secondary N) is 2. The summed E-state index contributed by atoms with van der Waals surface area (Å²) in [5.41, 5.74) is -0.672. The summed E-state index contributed by atoms with van der Waals surface area (Å²) >= 11 is 3.97. The van der Waals surface area contributed by atoms with Crippen LogP contribution >= 0.6 is 41.7 Å². The van der Waals surface area contributed by atoms with E-state index in [1.807, 2.05) is 55.6 Å². The molecule has 0 saturated heterocycles. The van der Waals surface area contributed by atoms with E-state index in [4.69, 9.17) is 9.05 Å². The van der Waals surface area contributed by atoms with Gasteiger partial charge >= 0.3 is 6.80 Å². The van der Waals surface area contributed by atoms with Gasteiger partial charge in [0, 0.05) is 28.1 Å². The van der Waals surface area contributed by atoms with E-state index >= 15 is 0 Å². The zero-order valence-corrected chi connectivity index (χ0v) is 26.4. The Labute approximate surface area is 226 Å². The number of unbranched alkanes of at least 4 members (excludes halogenated alkanes) is 2. The molecule has 0 atom stereocenters. The third-order valence-electron chi connectivity index (χ3n) is 4.72. The SMILES string of the molecule is CNCC(CNC)CSP(=O)(OCCCCSC(=O)C(C)(C)C)OCCCCSC(=O)C(C)(C)C. The summed E-state index contributed by atoms with van der Waals surface area (Å²) in [5, 5.41) is 6.72. The predicted octanol–water partition coefficient (Wildman–Crippen LogP) is 6.09. The van der Waals surface area contributed by atoms with Gasteiger partial charge in [-0.1, -0.05) is 65.1 Å². The summed E-state index contributed by atoms with van der Waals surface area (Å²) in [6.45, 7) is 10.5. The Hall–Kier alpha value is 0.460. The van der Waals surface area contributed by atoms with Crippen molar-refractivity contribution >= 4 is 51.9 Å². The van der Waals surface area contributed by atoms with Crippen molar-refractivity contribution < 1.29 is 23.2 Å². The second-order valence-corrected chi connectivity index (χ2v) is 16.8. The van der Waals surface area contributed by atoms with Crippen molar-refractivity contribution in [2.24, 2.45) is 16.7 Å². The molecular formula is C24H49N2O5PS3. The molecule has 0 heterocycles. The third-order valence-corrected chi connectivity index (χ3v) is 11.4. The minimum atomic E-state index is -3.30. The maximum absolute atomic E-state index is 13.4. The van der Waals surface area contributed by atoms with Gasteiger partial charge in [-0.2, -0.15) is 0 Å². The van der Waals surface area contributed by atoms with E-state index in [9.17, 15) is 14.2 Å². The molecule has 0 bridgehead atoms. The molecule has 11 heteroatoms. The van der Waals surface area contributed by atoms with Crippen LogP contribution in [0, 0.1) is 16.7 Å². The third kappa shape index (κ3) is 18.4. The van der Waals surface area contributed by atoms with E-state index in [1.165, 1.54) is 34.9 Å². The van der Waals surface area contributed by atoms with Crippen molar-refractivity contribution in [3.05, 3.63) is 0 Å². The van der Waals surface area contributed by atoms with E-state index in [0.29, 0.717) is 24.9 Å². The van der Waals surface area contributed by atoms with Crippen LogP contribution in [0.2, 0.25) is 0 Å². The zero-order valence-electron chi connectivity index (χ0n) is 23.1. The quantitative estimate of drug-likeness (QED) is 0.140. The molecule has 0 saturated carbocycles. The summed E-state index contributed by atoms with van der Waals surface area (Å²) in [6.07, 6.45) is 3.08. The number of hydrogen-bond donors (Lipinski definition) is 2. The first kappa shape index (κ1) is 35.5. The van der Waals surface area contributed by atoms with Crippen LogP contribution in [0.1, 0.15) is 67.2 Å². The lowest BCUT2D eigenvalue weighted by Gasteiger charge is -2.21. The standard InChI is InChI=1S/C24H49N2O5PS3/c1-23(2,3)21(27)33-15-11-9-13-30-32(29,35-19-20(17-25-7)18-26-8)31-14-10-12-16-34-22(28)24(4,5)6/h20,25-26H,9-19H2,1-8H3. The molecule has 0 aromatic carbocycles. The fourth-order valence-corrected chi connectivity index (χ4v) is 8.17. The van der Waals surface area contributed by atoms with Crippen LogP contribution in [0.5, 0.6) is 0 Å². The van der Waals surface area contributed by atoms with Crippen LogP contribution in [-0.4, -0.2) is 67.9 Å². The van der Waals surface area contributed by atoms with Gasteiger partial charge in [-0.25, -0.2) is 4.57 Å². The van der Waals surface area contributed by atoms with Crippen LogP contribution < -0.4 is 10.6 Å². The molecule has 0 aliphatic heterocycles. The van der Waals surface area contributed by atoms with Gasteiger partial charge < -0.3 is 19.7 Å². The van der Waals surface area contributed by atoms with Crippen LogP contribution in [0.3, 0.4) is 0 Å². The Bertz CT molecular complexity index is 606. The van der Waals surface area contributed by atoms with Gasteiger partial charge in [-0.3, -0.25) is 9.59 Å².